The average molecular weight is 397 g/mol. The summed E-state index contributed by atoms with van der Waals surface area (Å²) in [7, 11) is 4.89. The quantitative estimate of drug-likeness (QED) is 0.509. The van der Waals surface area contributed by atoms with Crippen LogP contribution < -0.4 is 18.9 Å². The Kier molecular flexibility index (Phi) is 6.55. The van der Waals surface area contributed by atoms with E-state index in [-0.39, 0.29) is 0 Å². The van der Waals surface area contributed by atoms with Crippen LogP contribution in [0.3, 0.4) is 0 Å². The van der Waals surface area contributed by atoms with Crippen molar-refractivity contribution in [1.82, 2.24) is 4.98 Å². The Morgan fingerprint density at radius 2 is 1.57 bits per heavy atom. The van der Waals surface area contributed by atoms with Crippen LogP contribution >= 0.6 is 11.3 Å². The number of nitrogens with zero attached hydrogens (tertiary/aromatic N) is 1. The van der Waals surface area contributed by atoms with Gasteiger partial charge in [-0.1, -0.05) is 12.1 Å². The maximum Gasteiger partial charge on any atom is 0.161 e. The molecule has 5 nitrogen and oxygen atoms in total. The molecule has 0 unspecified atom stereocenters. The lowest BCUT2D eigenvalue weighted by atomic mass is 10.1. The van der Waals surface area contributed by atoms with Gasteiger partial charge in [-0.25, -0.2) is 4.98 Å². The first kappa shape index (κ1) is 19.8. The van der Waals surface area contributed by atoms with E-state index < -0.39 is 0 Å². The van der Waals surface area contributed by atoms with Gasteiger partial charge < -0.3 is 18.9 Å². The first-order chi connectivity index (χ1) is 13.7. The molecular weight excluding hydrogens is 374 g/mol. The average Bonchev–Trinajstić information content (AvgIpc) is 3.21. The molecule has 0 aliphatic heterocycles. The Morgan fingerprint density at radius 1 is 0.857 bits per heavy atom. The van der Waals surface area contributed by atoms with Crippen molar-refractivity contribution in [3.05, 3.63) is 52.3 Å². The van der Waals surface area contributed by atoms with Crippen LogP contribution in [0.25, 0.3) is 23.4 Å². The van der Waals surface area contributed by atoms with Crippen LogP contribution in [-0.4, -0.2) is 32.9 Å². The molecule has 0 fully saturated rings. The predicted octanol–water partition coefficient (Wildman–Crippen LogP) is 5.41. The third-order valence-corrected chi connectivity index (χ3v) is 4.92. The van der Waals surface area contributed by atoms with Crippen molar-refractivity contribution in [2.75, 3.05) is 27.9 Å². The second-order valence-corrected chi connectivity index (χ2v) is 6.71. The van der Waals surface area contributed by atoms with E-state index in [1.54, 1.807) is 32.7 Å². The number of thiazole rings is 1. The highest BCUT2D eigenvalue weighted by Gasteiger charge is 2.09. The fraction of sp³-hybridized carbons (Fsp3) is 0.227. The van der Waals surface area contributed by atoms with E-state index in [1.807, 2.05) is 60.9 Å². The number of benzene rings is 2. The lowest BCUT2D eigenvalue weighted by molar-refractivity contribution is 0.311. The minimum absolute atomic E-state index is 0.588. The molecule has 28 heavy (non-hydrogen) atoms. The smallest absolute Gasteiger partial charge is 0.161 e. The lowest BCUT2D eigenvalue weighted by Gasteiger charge is -2.09. The van der Waals surface area contributed by atoms with Gasteiger partial charge in [0.15, 0.2) is 23.0 Å². The standard InChI is InChI=1S/C22H23NO4S/c1-5-27-21-12-15(6-9-19(21)25-3)7-11-22-23-17(14-28-22)16-8-10-18(24-2)20(13-16)26-4/h6-14H,5H2,1-4H3/b11-7+. The minimum Gasteiger partial charge on any atom is -0.493 e. The third-order valence-electron chi connectivity index (χ3n) is 4.11. The number of methoxy groups -OCH3 is 3. The first-order valence-electron chi connectivity index (χ1n) is 8.85. The van der Waals surface area contributed by atoms with Crippen molar-refractivity contribution >= 4 is 23.5 Å². The molecule has 0 saturated carbocycles. The molecule has 6 heteroatoms. The molecule has 0 atom stereocenters. The second-order valence-electron chi connectivity index (χ2n) is 5.82. The lowest BCUT2D eigenvalue weighted by Crippen LogP contribution is -1.95. The zero-order valence-corrected chi connectivity index (χ0v) is 17.2. The highest BCUT2D eigenvalue weighted by Crippen LogP contribution is 2.33. The van der Waals surface area contributed by atoms with Gasteiger partial charge in [0.1, 0.15) is 5.01 Å². The van der Waals surface area contributed by atoms with Crippen molar-refractivity contribution in [1.29, 1.82) is 0 Å². The van der Waals surface area contributed by atoms with Crippen LogP contribution in [0.4, 0.5) is 0 Å². The molecular formula is C22H23NO4S. The maximum absolute atomic E-state index is 5.63. The Bertz CT molecular complexity index is 965. The predicted molar refractivity (Wildman–Crippen MR) is 114 cm³/mol. The molecule has 1 aromatic heterocycles. The molecule has 1 heterocycles. The first-order valence-corrected chi connectivity index (χ1v) is 9.73. The zero-order chi connectivity index (χ0) is 19.9. The fourth-order valence-corrected chi connectivity index (χ4v) is 3.44. The monoisotopic (exact) mass is 397 g/mol. The topological polar surface area (TPSA) is 49.8 Å². The normalized spacial score (nSPS) is 10.9. The maximum atomic E-state index is 5.63. The van der Waals surface area contributed by atoms with Gasteiger partial charge in [-0.15, -0.1) is 11.3 Å². The van der Waals surface area contributed by atoms with Crippen molar-refractivity contribution in [2.24, 2.45) is 0 Å². The molecule has 3 rings (SSSR count). The van der Waals surface area contributed by atoms with E-state index in [9.17, 15) is 0 Å². The highest BCUT2D eigenvalue weighted by atomic mass is 32.1. The Morgan fingerprint density at radius 3 is 2.29 bits per heavy atom. The molecule has 0 saturated heterocycles. The minimum atomic E-state index is 0.588. The van der Waals surface area contributed by atoms with Crippen molar-refractivity contribution in [3.8, 4) is 34.3 Å². The van der Waals surface area contributed by atoms with Crippen LogP contribution in [0.5, 0.6) is 23.0 Å². The molecule has 0 aliphatic rings. The van der Waals surface area contributed by atoms with Crippen molar-refractivity contribution < 1.29 is 18.9 Å². The summed E-state index contributed by atoms with van der Waals surface area (Å²) < 4.78 is 21.6. The van der Waals surface area contributed by atoms with E-state index in [1.165, 1.54) is 0 Å². The fourth-order valence-electron chi connectivity index (χ4n) is 2.73. The number of hydrogen-bond acceptors (Lipinski definition) is 6. The molecule has 2 aromatic carbocycles. The van der Waals surface area contributed by atoms with Crippen molar-refractivity contribution in [2.45, 2.75) is 6.92 Å². The van der Waals surface area contributed by atoms with Crippen LogP contribution in [0.15, 0.2) is 41.8 Å². The van der Waals surface area contributed by atoms with E-state index in [0.717, 1.165) is 33.3 Å². The largest absolute Gasteiger partial charge is 0.493 e. The number of rotatable bonds is 8. The Balaban J connectivity index is 1.80. The van der Waals surface area contributed by atoms with Gasteiger partial charge in [-0.05, 0) is 48.9 Å². The summed E-state index contributed by atoms with van der Waals surface area (Å²) in [5.74, 6) is 2.85. The molecule has 146 valence electrons. The number of hydrogen-bond donors (Lipinski definition) is 0. The molecule has 0 radical (unpaired) electrons. The van der Waals surface area contributed by atoms with Gasteiger partial charge in [0, 0.05) is 10.9 Å². The second kappa shape index (κ2) is 9.28. The van der Waals surface area contributed by atoms with E-state index in [0.29, 0.717) is 18.1 Å². The summed E-state index contributed by atoms with van der Waals surface area (Å²) in [5, 5.41) is 2.94. The van der Waals surface area contributed by atoms with Gasteiger partial charge in [-0.3, -0.25) is 0 Å². The number of ether oxygens (including phenoxy) is 4. The molecule has 0 N–H and O–H groups in total. The van der Waals surface area contributed by atoms with Gasteiger partial charge in [0.25, 0.3) is 0 Å². The number of aromatic nitrogens is 1. The summed E-state index contributed by atoms with van der Waals surface area (Å²) in [6.07, 6.45) is 4.01. The van der Waals surface area contributed by atoms with Gasteiger partial charge >= 0.3 is 0 Å². The highest BCUT2D eigenvalue weighted by molar-refractivity contribution is 7.10. The van der Waals surface area contributed by atoms with Crippen LogP contribution in [0.1, 0.15) is 17.5 Å². The van der Waals surface area contributed by atoms with E-state index in [4.69, 9.17) is 23.9 Å². The van der Waals surface area contributed by atoms with E-state index in [2.05, 4.69) is 0 Å². The van der Waals surface area contributed by atoms with Crippen LogP contribution in [0, 0.1) is 0 Å². The molecule has 3 aromatic rings. The Labute approximate surface area is 169 Å². The molecule has 0 spiro atoms. The summed E-state index contributed by atoms with van der Waals surface area (Å²) >= 11 is 1.58. The van der Waals surface area contributed by atoms with Gasteiger partial charge in [0.2, 0.25) is 0 Å². The molecule has 0 bridgehead atoms. The summed E-state index contributed by atoms with van der Waals surface area (Å²) in [6, 6.07) is 11.6. The third kappa shape index (κ3) is 4.46. The molecule has 0 amide bonds. The summed E-state index contributed by atoms with van der Waals surface area (Å²) in [4.78, 5) is 4.70. The van der Waals surface area contributed by atoms with Gasteiger partial charge in [-0.2, -0.15) is 0 Å². The zero-order valence-electron chi connectivity index (χ0n) is 16.4. The van der Waals surface area contributed by atoms with E-state index >= 15 is 0 Å². The van der Waals surface area contributed by atoms with Crippen LogP contribution in [0.2, 0.25) is 0 Å². The van der Waals surface area contributed by atoms with Crippen LogP contribution in [-0.2, 0) is 0 Å². The molecule has 0 aliphatic carbocycles. The summed E-state index contributed by atoms with van der Waals surface area (Å²) in [6.45, 7) is 2.54. The SMILES string of the molecule is CCOc1cc(/C=C/c2nc(-c3ccc(OC)c(OC)c3)cs2)ccc1OC. The Hall–Kier alpha value is -2.99. The summed E-state index contributed by atoms with van der Waals surface area (Å²) in [5.41, 5.74) is 2.90. The van der Waals surface area contributed by atoms with Gasteiger partial charge in [0.05, 0.1) is 33.6 Å². The van der Waals surface area contributed by atoms with Crippen molar-refractivity contribution in [3.63, 3.8) is 0 Å².